The van der Waals surface area contributed by atoms with Crippen LogP contribution in [0.25, 0.3) is 0 Å². The van der Waals surface area contributed by atoms with Gasteiger partial charge in [-0.2, -0.15) is 0 Å². The van der Waals surface area contributed by atoms with E-state index in [9.17, 15) is 9.59 Å². The maximum absolute atomic E-state index is 11.5. The van der Waals surface area contributed by atoms with Crippen LogP contribution in [-0.2, 0) is 57.0 Å². The summed E-state index contributed by atoms with van der Waals surface area (Å²) in [4.78, 5) is 23.1. The van der Waals surface area contributed by atoms with E-state index >= 15 is 0 Å². The summed E-state index contributed by atoms with van der Waals surface area (Å²) in [6.45, 7) is 6.81. The fourth-order valence-corrected chi connectivity index (χ4v) is 2.28. The molecule has 0 aromatic heterocycles. The molecule has 0 spiro atoms. The van der Waals surface area contributed by atoms with Crippen LogP contribution in [0.3, 0.4) is 0 Å². The fraction of sp³-hybridized carbons (Fsp3) is 0.818. The fourth-order valence-electron chi connectivity index (χ4n) is 2.28. The molecule has 0 saturated heterocycles. The molecule has 12 heteroatoms. The first-order valence-electron chi connectivity index (χ1n) is 11.4. The first kappa shape index (κ1) is 30.4. The van der Waals surface area contributed by atoms with E-state index in [-0.39, 0.29) is 26.4 Å². The molecule has 0 aromatic carbocycles. The van der Waals surface area contributed by atoms with Gasteiger partial charge >= 0.3 is 11.9 Å². The number of rotatable bonds is 0. The van der Waals surface area contributed by atoms with Gasteiger partial charge in [0.2, 0.25) is 0 Å². The summed E-state index contributed by atoms with van der Waals surface area (Å²) in [6.07, 6.45) is 2.00. The highest BCUT2D eigenvalue weighted by molar-refractivity contribution is 5.91. The van der Waals surface area contributed by atoms with E-state index < -0.39 is 11.9 Å². The Balaban J connectivity index is 2.16. The van der Waals surface area contributed by atoms with Crippen molar-refractivity contribution in [2.24, 2.45) is 0 Å². The van der Waals surface area contributed by atoms with Crippen LogP contribution in [0, 0.1) is 0 Å². The zero-order valence-corrected chi connectivity index (χ0v) is 19.8. The van der Waals surface area contributed by atoms with Crippen molar-refractivity contribution in [3.05, 3.63) is 12.2 Å². The summed E-state index contributed by atoms with van der Waals surface area (Å²) in [7, 11) is 0. The molecule has 1 heterocycles. The lowest BCUT2D eigenvalue weighted by Gasteiger charge is -2.09. The minimum atomic E-state index is -0.658. The molecule has 34 heavy (non-hydrogen) atoms. The SMILES string of the molecule is O=C1/C=C/C(=O)OCCOCCOCCOCCOCCOCCOCCOCCOCCO1. The molecule has 1 aliphatic heterocycles. The summed E-state index contributed by atoms with van der Waals surface area (Å²) in [5.74, 6) is -1.32. The standard InChI is InChI=1S/C22H38O12/c23-21-1-2-22(24)34-20-18-32-16-14-30-12-10-28-8-6-26-4-3-25-5-7-27-9-11-29-13-15-31-17-19-33-21/h1-2H,3-20H2/b2-1+. The van der Waals surface area contributed by atoms with E-state index in [4.69, 9.17) is 47.4 Å². The molecule has 198 valence electrons. The van der Waals surface area contributed by atoms with Gasteiger partial charge in [0, 0.05) is 12.2 Å². The van der Waals surface area contributed by atoms with Gasteiger partial charge in [0.1, 0.15) is 13.2 Å². The van der Waals surface area contributed by atoms with Crippen molar-refractivity contribution in [3.63, 3.8) is 0 Å². The average molecular weight is 495 g/mol. The zero-order valence-electron chi connectivity index (χ0n) is 19.8. The van der Waals surface area contributed by atoms with Crippen LogP contribution >= 0.6 is 0 Å². The molecule has 0 N–H and O–H groups in total. The predicted molar refractivity (Wildman–Crippen MR) is 118 cm³/mol. The molecule has 0 aromatic rings. The van der Waals surface area contributed by atoms with Gasteiger partial charge in [0.15, 0.2) is 0 Å². The second-order valence-corrected chi connectivity index (χ2v) is 6.57. The van der Waals surface area contributed by atoms with Crippen LogP contribution in [-0.4, -0.2) is 131 Å². The molecule has 0 fully saturated rings. The number of carbonyl (C=O) groups excluding carboxylic acids is 2. The molecule has 0 atom stereocenters. The smallest absolute Gasteiger partial charge is 0.331 e. The molecule has 0 amide bonds. The van der Waals surface area contributed by atoms with Crippen molar-refractivity contribution in [2.75, 3.05) is 119 Å². The Morgan fingerprint density at radius 1 is 0.324 bits per heavy atom. The highest BCUT2D eigenvalue weighted by Gasteiger charge is 2.02. The van der Waals surface area contributed by atoms with Crippen LogP contribution in [0.15, 0.2) is 12.2 Å². The molecule has 0 unspecified atom stereocenters. The van der Waals surface area contributed by atoms with Crippen molar-refractivity contribution in [3.8, 4) is 0 Å². The lowest BCUT2D eigenvalue weighted by atomic mass is 10.5. The summed E-state index contributed by atoms with van der Waals surface area (Å²) >= 11 is 0. The number of hydrogen-bond acceptors (Lipinski definition) is 12. The molecule has 0 saturated carbocycles. The third kappa shape index (κ3) is 22.2. The number of carbonyl (C=O) groups is 2. The van der Waals surface area contributed by atoms with Crippen LogP contribution in [0.5, 0.6) is 0 Å². The van der Waals surface area contributed by atoms with Gasteiger partial charge in [-0.15, -0.1) is 0 Å². The van der Waals surface area contributed by atoms with E-state index in [1.54, 1.807) is 0 Å². The molecule has 1 rings (SSSR count). The predicted octanol–water partition coefficient (Wildman–Crippen LogP) is -0.225. The van der Waals surface area contributed by atoms with Crippen LogP contribution in [0.1, 0.15) is 0 Å². The van der Waals surface area contributed by atoms with E-state index in [1.807, 2.05) is 0 Å². The molecule has 0 radical (unpaired) electrons. The minimum Gasteiger partial charge on any atom is -0.460 e. The summed E-state index contributed by atoms with van der Waals surface area (Å²) < 4.78 is 52.8. The van der Waals surface area contributed by atoms with Crippen molar-refractivity contribution >= 4 is 11.9 Å². The van der Waals surface area contributed by atoms with Crippen molar-refractivity contribution in [2.45, 2.75) is 0 Å². The van der Waals surface area contributed by atoms with E-state index in [0.717, 1.165) is 12.2 Å². The van der Waals surface area contributed by atoms with E-state index in [0.29, 0.717) is 92.5 Å². The molecule has 0 aliphatic carbocycles. The van der Waals surface area contributed by atoms with E-state index in [2.05, 4.69) is 0 Å². The molecule has 0 bridgehead atoms. The molecular formula is C22H38O12. The minimum absolute atomic E-state index is 0.0639. The molecule has 1 aliphatic rings. The third-order valence-corrected chi connectivity index (χ3v) is 3.90. The van der Waals surface area contributed by atoms with Gasteiger partial charge in [-0.3, -0.25) is 0 Å². The first-order chi connectivity index (χ1) is 16.8. The lowest BCUT2D eigenvalue weighted by molar-refractivity contribution is -0.142. The van der Waals surface area contributed by atoms with Crippen LogP contribution in [0.2, 0.25) is 0 Å². The van der Waals surface area contributed by atoms with Gasteiger partial charge in [0.05, 0.1) is 106 Å². The Labute approximate surface area is 200 Å². The van der Waals surface area contributed by atoms with Gasteiger partial charge in [-0.1, -0.05) is 0 Å². The maximum atomic E-state index is 11.5. The average Bonchev–Trinajstić information content (AvgIpc) is 2.83. The summed E-state index contributed by atoms with van der Waals surface area (Å²) in [5, 5.41) is 0. The Bertz CT molecular complexity index is 470. The Morgan fingerprint density at radius 3 is 0.706 bits per heavy atom. The monoisotopic (exact) mass is 494 g/mol. The second-order valence-electron chi connectivity index (χ2n) is 6.57. The highest BCUT2D eigenvalue weighted by atomic mass is 16.6. The Kier molecular flexibility index (Phi) is 21.9. The first-order valence-corrected chi connectivity index (χ1v) is 11.4. The largest absolute Gasteiger partial charge is 0.460 e. The van der Waals surface area contributed by atoms with Gasteiger partial charge in [-0.25, -0.2) is 9.59 Å². The van der Waals surface area contributed by atoms with Crippen LogP contribution in [0.4, 0.5) is 0 Å². The number of hydrogen-bond donors (Lipinski definition) is 0. The summed E-state index contributed by atoms with van der Waals surface area (Å²) in [5.41, 5.74) is 0. The summed E-state index contributed by atoms with van der Waals surface area (Å²) in [6, 6.07) is 0. The molecule has 12 nitrogen and oxygen atoms in total. The lowest BCUT2D eigenvalue weighted by Crippen LogP contribution is -2.16. The maximum Gasteiger partial charge on any atom is 0.331 e. The van der Waals surface area contributed by atoms with Gasteiger partial charge < -0.3 is 47.4 Å². The van der Waals surface area contributed by atoms with E-state index in [1.165, 1.54) is 0 Å². The number of esters is 2. The van der Waals surface area contributed by atoms with Crippen molar-refractivity contribution in [1.82, 2.24) is 0 Å². The second kappa shape index (κ2) is 24.5. The topological polar surface area (TPSA) is 126 Å². The quantitative estimate of drug-likeness (QED) is 0.413. The number of cyclic esters (lactones) is 2. The highest BCUT2D eigenvalue weighted by Crippen LogP contribution is 1.89. The van der Waals surface area contributed by atoms with Crippen molar-refractivity contribution < 1.29 is 57.0 Å². The molecular weight excluding hydrogens is 456 g/mol. The van der Waals surface area contributed by atoms with Gasteiger partial charge in [-0.05, 0) is 0 Å². The Morgan fingerprint density at radius 2 is 0.500 bits per heavy atom. The number of ether oxygens (including phenoxy) is 10. The van der Waals surface area contributed by atoms with Crippen LogP contribution < -0.4 is 0 Å². The van der Waals surface area contributed by atoms with Crippen molar-refractivity contribution in [1.29, 1.82) is 0 Å². The normalized spacial score (nSPS) is 23.4. The van der Waals surface area contributed by atoms with Gasteiger partial charge in [0.25, 0.3) is 0 Å². The third-order valence-electron chi connectivity index (χ3n) is 3.90. The zero-order chi connectivity index (χ0) is 24.4. The Hall–Kier alpha value is -1.64.